The molecule has 0 amide bonds. The summed E-state index contributed by atoms with van der Waals surface area (Å²) < 4.78 is 37.3. The van der Waals surface area contributed by atoms with Crippen molar-refractivity contribution in [1.82, 2.24) is 4.98 Å². The molecule has 2 rings (SSSR count). The summed E-state index contributed by atoms with van der Waals surface area (Å²) in [5.74, 6) is 0.481. The lowest BCUT2D eigenvalue weighted by Crippen LogP contribution is -2.22. The Morgan fingerprint density at radius 3 is 2.35 bits per heavy atom. The summed E-state index contributed by atoms with van der Waals surface area (Å²) in [6.07, 6.45) is 1.14. The monoisotopic (exact) mass is 285 g/mol. The van der Waals surface area contributed by atoms with Gasteiger partial charge in [-0.1, -0.05) is 13.3 Å². The SMILES string of the molecule is CCC1CCC(C(=O)c2ccc(C(F)(F)F)cn2)CC1. The zero-order valence-corrected chi connectivity index (χ0v) is 11.4. The highest BCUT2D eigenvalue weighted by atomic mass is 19.4. The highest BCUT2D eigenvalue weighted by Gasteiger charge is 2.32. The van der Waals surface area contributed by atoms with Crippen LogP contribution in [0.4, 0.5) is 13.2 Å². The first-order valence-corrected chi connectivity index (χ1v) is 6.99. The maximum atomic E-state index is 12.4. The molecule has 20 heavy (non-hydrogen) atoms. The number of halogens is 3. The molecule has 0 aliphatic heterocycles. The van der Waals surface area contributed by atoms with E-state index in [1.165, 1.54) is 6.07 Å². The van der Waals surface area contributed by atoms with Crippen LogP contribution in [0, 0.1) is 11.8 Å². The number of pyridine rings is 1. The smallest absolute Gasteiger partial charge is 0.292 e. The van der Waals surface area contributed by atoms with E-state index in [1.54, 1.807) is 0 Å². The van der Waals surface area contributed by atoms with Crippen molar-refractivity contribution in [3.8, 4) is 0 Å². The third-order valence-electron chi connectivity index (χ3n) is 4.14. The van der Waals surface area contributed by atoms with Gasteiger partial charge >= 0.3 is 6.18 Å². The second-order valence-electron chi connectivity index (χ2n) is 5.42. The van der Waals surface area contributed by atoms with Gasteiger partial charge in [0.1, 0.15) is 5.69 Å². The molecule has 110 valence electrons. The van der Waals surface area contributed by atoms with Gasteiger partial charge < -0.3 is 0 Å². The maximum absolute atomic E-state index is 12.4. The molecule has 1 saturated carbocycles. The standard InChI is InChI=1S/C15H18F3NO/c1-2-10-3-5-11(6-4-10)14(20)13-8-7-12(9-19-13)15(16,17)18/h7-11H,2-6H2,1H3. The average molecular weight is 285 g/mol. The minimum Gasteiger partial charge on any atom is -0.292 e. The second kappa shape index (κ2) is 5.94. The number of carbonyl (C=O) groups is 1. The number of rotatable bonds is 3. The van der Waals surface area contributed by atoms with Gasteiger partial charge in [0.25, 0.3) is 0 Å². The van der Waals surface area contributed by atoms with E-state index in [0.29, 0.717) is 5.92 Å². The molecule has 1 heterocycles. The number of hydrogen-bond donors (Lipinski definition) is 0. The fraction of sp³-hybridized carbons (Fsp3) is 0.600. The zero-order valence-electron chi connectivity index (χ0n) is 11.4. The zero-order chi connectivity index (χ0) is 14.8. The second-order valence-corrected chi connectivity index (χ2v) is 5.42. The Labute approximate surface area is 116 Å². The van der Waals surface area contributed by atoms with Crippen LogP contribution in [0.3, 0.4) is 0 Å². The Kier molecular flexibility index (Phi) is 4.45. The largest absolute Gasteiger partial charge is 0.417 e. The van der Waals surface area contributed by atoms with Gasteiger partial charge in [0.05, 0.1) is 5.56 Å². The van der Waals surface area contributed by atoms with Crippen LogP contribution in [-0.4, -0.2) is 10.8 Å². The van der Waals surface area contributed by atoms with Gasteiger partial charge in [0.2, 0.25) is 0 Å². The third kappa shape index (κ3) is 3.38. The summed E-state index contributed by atoms with van der Waals surface area (Å²) in [6.45, 7) is 2.14. The van der Waals surface area contributed by atoms with Crippen LogP contribution in [0.25, 0.3) is 0 Å². The third-order valence-corrected chi connectivity index (χ3v) is 4.14. The molecule has 0 spiro atoms. The lowest BCUT2D eigenvalue weighted by Gasteiger charge is -2.26. The van der Waals surface area contributed by atoms with Gasteiger partial charge in [0, 0.05) is 12.1 Å². The molecule has 0 saturated heterocycles. The van der Waals surface area contributed by atoms with Crippen molar-refractivity contribution < 1.29 is 18.0 Å². The van der Waals surface area contributed by atoms with E-state index in [-0.39, 0.29) is 17.4 Å². The highest BCUT2D eigenvalue weighted by molar-refractivity contribution is 5.96. The Hall–Kier alpha value is -1.39. The molecule has 0 radical (unpaired) electrons. The Balaban J connectivity index is 2.03. The number of alkyl halides is 3. The summed E-state index contributed by atoms with van der Waals surface area (Å²) in [6, 6.07) is 2.12. The van der Waals surface area contributed by atoms with E-state index in [1.807, 2.05) is 0 Å². The number of ketones is 1. The molecule has 0 bridgehead atoms. The minimum absolute atomic E-state index is 0.0814. The van der Waals surface area contributed by atoms with Crippen LogP contribution in [0.2, 0.25) is 0 Å². The molecular formula is C15H18F3NO. The number of nitrogens with zero attached hydrogens (tertiary/aromatic N) is 1. The van der Waals surface area contributed by atoms with Crippen molar-refractivity contribution in [1.29, 1.82) is 0 Å². The van der Waals surface area contributed by atoms with Crippen LogP contribution in [0.1, 0.15) is 55.1 Å². The summed E-state index contributed by atoms with van der Waals surface area (Å²) in [5.41, 5.74) is -0.665. The molecular weight excluding hydrogens is 267 g/mol. The fourth-order valence-corrected chi connectivity index (χ4v) is 2.75. The highest BCUT2D eigenvalue weighted by Crippen LogP contribution is 2.33. The quantitative estimate of drug-likeness (QED) is 0.765. The minimum atomic E-state index is -4.41. The van der Waals surface area contributed by atoms with Crippen molar-refractivity contribution in [2.45, 2.75) is 45.2 Å². The predicted octanol–water partition coefficient (Wildman–Crippen LogP) is 4.50. The molecule has 0 aromatic carbocycles. The number of carbonyl (C=O) groups excluding carboxylic acids is 1. The van der Waals surface area contributed by atoms with E-state index in [4.69, 9.17) is 0 Å². The molecule has 1 aliphatic rings. The van der Waals surface area contributed by atoms with Crippen molar-refractivity contribution in [3.63, 3.8) is 0 Å². The summed E-state index contributed by atoms with van der Waals surface area (Å²) in [4.78, 5) is 15.9. The predicted molar refractivity (Wildman–Crippen MR) is 69.3 cm³/mol. The Bertz CT molecular complexity index is 459. The number of aromatic nitrogens is 1. The Morgan fingerprint density at radius 1 is 1.25 bits per heavy atom. The number of hydrogen-bond acceptors (Lipinski definition) is 2. The summed E-state index contributed by atoms with van der Waals surface area (Å²) in [5, 5.41) is 0. The number of Topliss-reactive ketones (excluding diaryl/α,β-unsaturated/α-hetero) is 1. The van der Waals surface area contributed by atoms with Crippen molar-refractivity contribution >= 4 is 5.78 Å². The van der Waals surface area contributed by atoms with E-state index in [9.17, 15) is 18.0 Å². The van der Waals surface area contributed by atoms with Crippen molar-refractivity contribution in [2.75, 3.05) is 0 Å². The van der Waals surface area contributed by atoms with E-state index in [0.717, 1.165) is 44.4 Å². The van der Waals surface area contributed by atoms with E-state index < -0.39 is 11.7 Å². The Morgan fingerprint density at radius 2 is 1.90 bits per heavy atom. The van der Waals surface area contributed by atoms with Gasteiger partial charge in [-0.3, -0.25) is 9.78 Å². The fourth-order valence-electron chi connectivity index (χ4n) is 2.75. The molecule has 2 nitrogen and oxygen atoms in total. The van der Waals surface area contributed by atoms with Crippen LogP contribution >= 0.6 is 0 Å². The molecule has 1 aromatic rings. The molecule has 0 atom stereocenters. The van der Waals surface area contributed by atoms with Crippen molar-refractivity contribution in [2.24, 2.45) is 11.8 Å². The topological polar surface area (TPSA) is 30.0 Å². The molecule has 0 unspecified atom stereocenters. The first kappa shape index (κ1) is 15.0. The molecule has 5 heteroatoms. The average Bonchev–Trinajstić information content (AvgIpc) is 2.46. The molecule has 1 aromatic heterocycles. The molecule has 1 fully saturated rings. The summed E-state index contributed by atoms with van der Waals surface area (Å²) in [7, 11) is 0. The maximum Gasteiger partial charge on any atom is 0.417 e. The molecule has 1 aliphatic carbocycles. The lowest BCUT2D eigenvalue weighted by atomic mass is 9.78. The molecule has 0 N–H and O–H groups in total. The van der Waals surface area contributed by atoms with Gasteiger partial charge in [0.15, 0.2) is 5.78 Å². The summed E-state index contributed by atoms with van der Waals surface area (Å²) >= 11 is 0. The van der Waals surface area contributed by atoms with Crippen LogP contribution in [0.5, 0.6) is 0 Å². The van der Waals surface area contributed by atoms with Crippen LogP contribution in [0.15, 0.2) is 18.3 Å². The van der Waals surface area contributed by atoms with Crippen LogP contribution in [-0.2, 0) is 6.18 Å². The lowest BCUT2D eigenvalue weighted by molar-refractivity contribution is -0.137. The van der Waals surface area contributed by atoms with Gasteiger partial charge in [-0.2, -0.15) is 13.2 Å². The van der Waals surface area contributed by atoms with Gasteiger partial charge in [-0.05, 0) is 43.7 Å². The van der Waals surface area contributed by atoms with Crippen molar-refractivity contribution in [3.05, 3.63) is 29.6 Å². The first-order valence-electron chi connectivity index (χ1n) is 6.99. The van der Waals surface area contributed by atoms with E-state index in [2.05, 4.69) is 11.9 Å². The normalized spacial score (nSPS) is 23.6. The van der Waals surface area contributed by atoms with E-state index >= 15 is 0 Å². The van der Waals surface area contributed by atoms with Gasteiger partial charge in [-0.25, -0.2) is 0 Å². The van der Waals surface area contributed by atoms with Gasteiger partial charge in [-0.15, -0.1) is 0 Å². The van der Waals surface area contributed by atoms with Crippen LogP contribution < -0.4 is 0 Å². The first-order chi connectivity index (χ1) is 9.41.